The highest BCUT2D eigenvalue weighted by atomic mass is 79.9. The number of hydrogen-bond acceptors (Lipinski definition) is 3. The van der Waals surface area contributed by atoms with Crippen molar-refractivity contribution in [3.05, 3.63) is 22.9 Å². The van der Waals surface area contributed by atoms with Gasteiger partial charge in [-0.25, -0.2) is 18.3 Å². The van der Waals surface area contributed by atoms with Crippen molar-refractivity contribution in [1.82, 2.24) is 14.6 Å². The summed E-state index contributed by atoms with van der Waals surface area (Å²) < 4.78 is 28.9. The van der Waals surface area contributed by atoms with Crippen LogP contribution in [0.15, 0.2) is 22.9 Å². The highest BCUT2D eigenvalue weighted by Gasteiger charge is 2.36. The van der Waals surface area contributed by atoms with E-state index >= 15 is 0 Å². The lowest BCUT2D eigenvalue weighted by Gasteiger charge is -2.35. The Labute approximate surface area is 123 Å². The number of imidazole rings is 1. The van der Waals surface area contributed by atoms with Gasteiger partial charge >= 0.3 is 0 Å². The quantitative estimate of drug-likeness (QED) is 0.835. The molecule has 0 aliphatic heterocycles. The maximum atomic E-state index is 13.2. The summed E-state index contributed by atoms with van der Waals surface area (Å²) in [7, 11) is 1.91. The van der Waals surface area contributed by atoms with Crippen molar-refractivity contribution in [2.75, 3.05) is 11.9 Å². The number of rotatable bonds is 2. The molecule has 2 heterocycles. The van der Waals surface area contributed by atoms with Gasteiger partial charge in [0.2, 0.25) is 5.92 Å². The van der Waals surface area contributed by atoms with Crippen LogP contribution < -0.4 is 4.90 Å². The van der Waals surface area contributed by atoms with Crippen LogP contribution in [-0.4, -0.2) is 33.6 Å². The summed E-state index contributed by atoms with van der Waals surface area (Å²) in [6.07, 6.45) is 2.59. The van der Waals surface area contributed by atoms with Crippen LogP contribution in [0.5, 0.6) is 0 Å². The molecule has 0 unspecified atom stereocenters. The number of anilines is 1. The van der Waals surface area contributed by atoms with Crippen LogP contribution in [0.25, 0.3) is 5.65 Å². The first kappa shape index (κ1) is 13.7. The van der Waals surface area contributed by atoms with Crippen molar-refractivity contribution < 1.29 is 8.78 Å². The Balaban J connectivity index is 1.81. The summed E-state index contributed by atoms with van der Waals surface area (Å²) in [6, 6.07) is 3.87. The van der Waals surface area contributed by atoms with Crippen LogP contribution >= 0.6 is 15.9 Å². The van der Waals surface area contributed by atoms with Crippen molar-refractivity contribution in [1.29, 1.82) is 0 Å². The minimum absolute atomic E-state index is 0.0426. The Bertz CT molecular complexity index is 618. The van der Waals surface area contributed by atoms with Crippen molar-refractivity contribution in [2.45, 2.75) is 37.6 Å². The monoisotopic (exact) mass is 344 g/mol. The lowest BCUT2D eigenvalue weighted by atomic mass is 9.91. The lowest BCUT2D eigenvalue weighted by molar-refractivity contribution is -0.0378. The summed E-state index contributed by atoms with van der Waals surface area (Å²) in [5.41, 5.74) is 0.754. The Hall–Kier alpha value is -1.24. The number of alkyl halides is 2. The van der Waals surface area contributed by atoms with Gasteiger partial charge in [0.15, 0.2) is 5.65 Å². The molecule has 0 atom stereocenters. The van der Waals surface area contributed by atoms with E-state index in [9.17, 15) is 8.78 Å². The minimum Gasteiger partial charge on any atom is -0.355 e. The third-order valence-electron chi connectivity index (χ3n) is 3.90. The van der Waals surface area contributed by atoms with Crippen molar-refractivity contribution >= 4 is 27.4 Å². The zero-order chi connectivity index (χ0) is 14.3. The van der Waals surface area contributed by atoms with Gasteiger partial charge in [-0.05, 0) is 40.9 Å². The third-order valence-corrected chi connectivity index (χ3v) is 4.44. The van der Waals surface area contributed by atoms with Gasteiger partial charge in [-0.2, -0.15) is 0 Å². The molecule has 108 valence electrons. The van der Waals surface area contributed by atoms with Crippen LogP contribution in [0, 0.1) is 0 Å². The Morgan fingerprint density at radius 1 is 1.35 bits per heavy atom. The van der Waals surface area contributed by atoms with E-state index in [0.717, 1.165) is 16.1 Å². The van der Waals surface area contributed by atoms with E-state index in [1.54, 1.807) is 10.7 Å². The number of halogens is 3. The number of fused-ring (bicyclic) bond motifs is 1. The average molecular weight is 345 g/mol. The Kier molecular flexibility index (Phi) is 3.40. The molecule has 2 aromatic rings. The van der Waals surface area contributed by atoms with Crippen LogP contribution in [-0.2, 0) is 0 Å². The fourth-order valence-corrected chi connectivity index (χ4v) is 2.99. The third kappa shape index (κ3) is 2.51. The van der Waals surface area contributed by atoms with Crippen LogP contribution in [0.4, 0.5) is 14.6 Å². The van der Waals surface area contributed by atoms with Crippen molar-refractivity contribution in [3.8, 4) is 0 Å². The summed E-state index contributed by atoms with van der Waals surface area (Å²) in [6.45, 7) is 0. The lowest BCUT2D eigenvalue weighted by Crippen LogP contribution is -2.39. The van der Waals surface area contributed by atoms with E-state index in [0.29, 0.717) is 12.8 Å². The fourth-order valence-electron chi connectivity index (χ4n) is 2.62. The first-order valence-electron chi connectivity index (χ1n) is 6.57. The SMILES string of the molecule is CN(c1ccc2ncc(Br)n2n1)C1CCC(F)(F)CC1. The summed E-state index contributed by atoms with van der Waals surface area (Å²) >= 11 is 3.38. The highest BCUT2D eigenvalue weighted by molar-refractivity contribution is 9.10. The van der Waals surface area contributed by atoms with Crippen LogP contribution in [0.1, 0.15) is 25.7 Å². The maximum Gasteiger partial charge on any atom is 0.248 e. The molecule has 0 spiro atoms. The van der Waals surface area contributed by atoms with Gasteiger partial charge in [0, 0.05) is 25.9 Å². The second-order valence-corrected chi connectivity index (χ2v) is 6.05. The van der Waals surface area contributed by atoms with E-state index in [-0.39, 0.29) is 18.9 Å². The van der Waals surface area contributed by atoms with E-state index in [1.165, 1.54) is 0 Å². The normalized spacial score (nSPS) is 19.4. The smallest absolute Gasteiger partial charge is 0.248 e. The van der Waals surface area contributed by atoms with Gasteiger partial charge in [-0.15, -0.1) is 5.10 Å². The Morgan fingerprint density at radius 3 is 2.75 bits per heavy atom. The minimum atomic E-state index is -2.50. The molecule has 7 heteroatoms. The first-order chi connectivity index (χ1) is 9.46. The highest BCUT2D eigenvalue weighted by Crippen LogP contribution is 2.35. The summed E-state index contributed by atoms with van der Waals surface area (Å²) in [5, 5.41) is 4.49. The van der Waals surface area contributed by atoms with Crippen molar-refractivity contribution in [3.63, 3.8) is 0 Å². The zero-order valence-electron chi connectivity index (χ0n) is 11.1. The van der Waals surface area contributed by atoms with E-state index in [1.807, 2.05) is 24.1 Å². The molecule has 1 saturated carbocycles. The molecule has 0 saturated heterocycles. The van der Waals surface area contributed by atoms with E-state index in [4.69, 9.17) is 0 Å². The molecule has 20 heavy (non-hydrogen) atoms. The molecular formula is C13H15BrF2N4. The van der Waals surface area contributed by atoms with E-state index < -0.39 is 5.92 Å². The van der Waals surface area contributed by atoms with Gasteiger partial charge in [0.25, 0.3) is 0 Å². The number of nitrogens with zero attached hydrogens (tertiary/aromatic N) is 4. The topological polar surface area (TPSA) is 33.4 Å². The molecular weight excluding hydrogens is 330 g/mol. The molecule has 0 bridgehead atoms. The maximum absolute atomic E-state index is 13.2. The summed E-state index contributed by atoms with van der Waals surface area (Å²) in [5.74, 6) is -1.73. The molecule has 1 aliphatic carbocycles. The number of aromatic nitrogens is 3. The van der Waals surface area contributed by atoms with Gasteiger partial charge in [0.05, 0.1) is 6.20 Å². The van der Waals surface area contributed by atoms with Gasteiger partial charge < -0.3 is 4.90 Å². The molecule has 4 nitrogen and oxygen atoms in total. The number of hydrogen-bond donors (Lipinski definition) is 0. The first-order valence-corrected chi connectivity index (χ1v) is 7.36. The van der Waals surface area contributed by atoms with Gasteiger partial charge in [-0.3, -0.25) is 0 Å². The van der Waals surface area contributed by atoms with E-state index in [2.05, 4.69) is 26.0 Å². The average Bonchev–Trinajstić information content (AvgIpc) is 2.79. The standard InChI is InChI=1S/C13H15BrF2N4/c1-19(9-4-6-13(15,16)7-5-9)12-3-2-11-17-8-10(14)20(11)18-12/h2-3,8-9H,4-7H2,1H3. The predicted molar refractivity (Wildman–Crippen MR) is 76.3 cm³/mol. The zero-order valence-corrected chi connectivity index (χ0v) is 12.6. The molecule has 0 aromatic carbocycles. The fraction of sp³-hybridized carbons (Fsp3) is 0.538. The predicted octanol–water partition coefficient (Wildman–Crippen LogP) is 3.51. The largest absolute Gasteiger partial charge is 0.355 e. The second-order valence-electron chi connectivity index (χ2n) is 5.24. The molecule has 0 N–H and O–H groups in total. The Morgan fingerprint density at radius 2 is 2.05 bits per heavy atom. The molecule has 1 aliphatic rings. The molecule has 3 rings (SSSR count). The molecule has 2 aromatic heterocycles. The van der Waals surface area contributed by atoms with Crippen LogP contribution in [0.3, 0.4) is 0 Å². The van der Waals surface area contributed by atoms with Crippen molar-refractivity contribution in [2.24, 2.45) is 0 Å². The molecule has 0 amide bonds. The van der Waals surface area contributed by atoms with Gasteiger partial charge in [-0.1, -0.05) is 0 Å². The summed E-state index contributed by atoms with van der Waals surface area (Å²) in [4.78, 5) is 6.17. The van der Waals surface area contributed by atoms with Gasteiger partial charge in [0.1, 0.15) is 10.4 Å². The second kappa shape index (κ2) is 4.95. The molecule has 1 fully saturated rings. The molecule has 0 radical (unpaired) electrons. The van der Waals surface area contributed by atoms with Crippen LogP contribution in [0.2, 0.25) is 0 Å².